The molecule has 0 aliphatic rings. The summed E-state index contributed by atoms with van der Waals surface area (Å²) in [4.78, 5) is 10.5. The zero-order valence-electron chi connectivity index (χ0n) is 8.91. The highest BCUT2D eigenvalue weighted by molar-refractivity contribution is 5.73. The molecule has 4 nitrogen and oxygen atoms in total. The van der Waals surface area contributed by atoms with E-state index in [0.717, 1.165) is 5.56 Å². The summed E-state index contributed by atoms with van der Waals surface area (Å²) in [6.45, 7) is 0.602. The number of hydrogen-bond donors (Lipinski definition) is 2. The molecule has 1 aromatic carbocycles. The number of carbonyl (C=O) groups excluding carboxylic acids is 1. The molecule has 4 N–H and O–H groups in total. The minimum absolute atomic E-state index is 0.114. The Balaban J connectivity index is 2.61. The van der Waals surface area contributed by atoms with E-state index in [1.165, 1.54) is 12.1 Å². The number of halogens is 1. The van der Waals surface area contributed by atoms with Crippen LogP contribution in [-0.2, 0) is 11.2 Å². The van der Waals surface area contributed by atoms with Crippen LogP contribution in [0.2, 0.25) is 0 Å². The minimum atomic E-state index is -0.446. The van der Waals surface area contributed by atoms with Crippen molar-refractivity contribution in [2.45, 2.75) is 12.8 Å². The Morgan fingerprint density at radius 2 is 2.12 bits per heavy atom. The number of benzene rings is 1. The van der Waals surface area contributed by atoms with Gasteiger partial charge in [-0.2, -0.15) is 0 Å². The summed E-state index contributed by atoms with van der Waals surface area (Å²) in [7, 11) is 0. The molecule has 0 aliphatic carbocycles. The predicted octanol–water partition coefficient (Wildman–Crippen LogP) is 0.581. The highest BCUT2D eigenvalue weighted by atomic mass is 19.1. The topological polar surface area (TPSA) is 78.3 Å². The van der Waals surface area contributed by atoms with E-state index in [9.17, 15) is 9.18 Å². The zero-order valence-corrected chi connectivity index (χ0v) is 8.91. The van der Waals surface area contributed by atoms with Gasteiger partial charge in [-0.3, -0.25) is 4.79 Å². The fourth-order valence-corrected chi connectivity index (χ4v) is 1.28. The molecule has 88 valence electrons. The Bertz CT molecular complexity index is 369. The molecule has 1 aromatic rings. The van der Waals surface area contributed by atoms with Crippen molar-refractivity contribution in [1.82, 2.24) is 0 Å². The van der Waals surface area contributed by atoms with E-state index in [-0.39, 0.29) is 18.8 Å². The number of rotatable bonds is 6. The van der Waals surface area contributed by atoms with Gasteiger partial charge in [-0.05, 0) is 30.7 Å². The summed E-state index contributed by atoms with van der Waals surface area (Å²) in [6.07, 6.45) is 0.701. The second kappa shape index (κ2) is 6.07. The molecule has 0 radical (unpaired) electrons. The molecule has 1 rings (SSSR count). The van der Waals surface area contributed by atoms with Crippen molar-refractivity contribution < 1.29 is 13.9 Å². The van der Waals surface area contributed by atoms with Gasteiger partial charge in [0.05, 0.1) is 13.0 Å². The average molecular weight is 226 g/mol. The van der Waals surface area contributed by atoms with Gasteiger partial charge in [-0.15, -0.1) is 0 Å². The molecule has 0 unspecified atom stereocenters. The Kier molecular flexibility index (Phi) is 4.72. The number of nitrogens with two attached hydrogens (primary N) is 2. The van der Waals surface area contributed by atoms with E-state index in [1.807, 2.05) is 0 Å². The minimum Gasteiger partial charge on any atom is -0.493 e. The van der Waals surface area contributed by atoms with E-state index in [0.29, 0.717) is 18.7 Å². The third kappa shape index (κ3) is 4.27. The normalized spacial score (nSPS) is 10.1. The molecule has 0 aliphatic heterocycles. The smallest absolute Gasteiger partial charge is 0.220 e. The van der Waals surface area contributed by atoms with Crippen LogP contribution in [0.5, 0.6) is 5.75 Å². The molecule has 0 aromatic heterocycles. The first kappa shape index (κ1) is 12.4. The van der Waals surface area contributed by atoms with Crippen LogP contribution >= 0.6 is 0 Å². The first-order chi connectivity index (χ1) is 7.61. The number of carbonyl (C=O) groups is 1. The number of hydrogen-bond acceptors (Lipinski definition) is 3. The largest absolute Gasteiger partial charge is 0.493 e. The van der Waals surface area contributed by atoms with Crippen LogP contribution in [0.3, 0.4) is 0 Å². The lowest BCUT2D eigenvalue weighted by Gasteiger charge is -2.07. The lowest BCUT2D eigenvalue weighted by molar-refractivity contribution is -0.118. The fraction of sp³-hybridized carbons (Fsp3) is 0.364. The van der Waals surface area contributed by atoms with Crippen molar-refractivity contribution in [1.29, 1.82) is 0 Å². The molecular formula is C11H15FN2O2. The molecular weight excluding hydrogens is 211 g/mol. The second-order valence-corrected chi connectivity index (χ2v) is 3.40. The molecule has 16 heavy (non-hydrogen) atoms. The maximum absolute atomic E-state index is 13.1. The molecule has 0 saturated carbocycles. The van der Waals surface area contributed by atoms with Crippen LogP contribution in [0.4, 0.5) is 4.39 Å². The Morgan fingerprint density at radius 3 is 2.75 bits per heavy atom. The monoisotopic (exact) mass is 226 g/mol. The van der Waals surface area contributed by atoms with E-state index < -0.39 is 5.91 Å². The van der Waals surface area contributed by atoms with Gasteiger partial charge in [-0.1, -0.05) is 0 Å². The van der Waals surface area contributed by atoms with Crippen molar-refractivity contribution in [3.63, 3.8) is 0 Å². The van der Waals surface area contributed by atoms with Crippen LogP contribution in [0.25, 0.3) is 0 Å². The highest BCUT2D eigenvalue weighted by Gasteiger charge is 2.02. The van der Waals surface area contributed by atoms with Gasteiger partial charge >= 0.3 is 0 Å². The average Bonchev–Trinajstić information content (AvgIpc) is 2.16. The molecule has 1 amide bonds. The van der Waals surface area contributed by atoms with Gasteiger partial charge in [0.2, 0.25) is 5.91 Å². The maximum atomic E-state index is 13.1. The Hall–Kier alpha value is -1.62. The van der Waals surface area contributed by atoms with Crippen molar-refractivity contribution in [2.24, 2.45) is 11.5 Å². The van der Waals surface area contributed by atoms with E-state index in [2.05, 4.69) is 0 Å². The zero-order chi connectivity index (χ0) is 12.0. The molecule has 0 heterocycles. The summed E-state index contributed by atoms with van der Waals surface area (Å²) >= 11 is 0. The second-order valence-electron chi connectivity index (χ2n) is 3.40. The van der Waals surface area contributed by atoms with Crippen molar-refractivity contribution in [2.75, 3.05) is 13.2 Å². The fourth-order valence-electron chi connectivity index (χ4n) is 1.28. The standard InChI is InChI=1S/C11H15FN2O2/c12-9-5-8(1-3-13)6-10(7-9)16-4-2-11(14)15/h5-7H,1-4,13H2,(H2,14,15). The Labute approximate surface area is 93.4 Å². The van der Waals surface area contributed by atoms with Crippen LogP contribution in [-0.4, -0.2) is 19.1 Å². The van der Waals surface area contributed by atoms with Gasteiger partial charge in [0, 0.05) is 6.07 Å². The first-order valence-electron chi connectivity index (χ1n) is 5.02. The van der Waals surface area contributed by atoms with E-state index in [1.54, 1.807) is 6.07 Å². The lowest BCUT2D eigenvalue weighted by atomic mass is 10.1. The SMILES string of the molecule is NCCc1cc(F)cc(OCCC(N)=O)c1. The summed E-state index contributed by atoms with van der Waals surface area (Å²) in [5.74, 6) is -0.427. The van der Waals surface area contributed by atoms with Gasteiger partial charge in [0.15, 0.2) is 0 Å². The number of primary amides is 1. The van der Waals surface area contributed by atoms with Gasteiger partial charge in [0.25, 0.3) is 0 Å². The van der Waals surface area contributed by atoms with Crippen LogP contribution < -0.4 is 16.2 Å². The lowest BCUT2D eigenvalue weighted by Crippen LogP contribution is -2.14. The highest BCUT2D eigenvalue weighted by Crippen LogP contribution is 2.16. The first-order valence-corrected chi connectivity index (χ1v) is 5.02. The molecule has 0 bridgehead atoms. The van der Waals surface area contributed by atoms with Crippen molar-refractivity contribution in [3.8, 4) is 5.75 Å². The third-order valence-electron chi connectivity index (χ3n) is 1.98. The summed E-state index contributed by atoms with van der Waals surface area (Å²) in [6, 6.07) is 4.38. The van der Waals surface area contributed by atoms with E-state index >= 15 is 0 Å². The van der Waals surface area contributed by atoms with Crippen LogP contribution in [0.1, 0.15) is 12.0 Å². The predicted molar refractivity (Wildman–Crippen MR) is 58.5 cm³/mol. The maximum Gasteiger partial charge on any atom is 0.220 e. The van der Waals surface area contributed by atoms with E-state index in [4.69, 9.17) is 16.2 Å². The van der Waals surface area contributed by atoms with Gasteiger partial charge < -0.3 is 16.2 Å². The summed E-state index contributed by atoms with van der Waals surface area (Å²) < 4.78 is 18.3. The Morgan fingerprint density at radius 1 is 1.38 bits per heavy atom. The van der Waals surface area contributed by atoms with Crippen LogP contribution in [0, 0.1) is 5.82 Å². The van der Waals surface area contributed by atoms with Crippen LogP contribution in [0.15, 0.2) is 18.2 Å². The summed E-state index contributed by atoms with van der Waals surface area (Å²) in [5.41, 5.74) is 11.1. The quantitative estimate of drug-likeness (QED) is 0.744. The molecule has 0 spiro atoms. The third-order valence-corrected chi connectivity index (χ3v) is 1.98. The number of amides is 1. The number of ether oxygens (including phenoxy) is 1. The molecule has 0 saturated heterocycles. The molecule has 0 atom stereocenters. The van der Waals surface area contributed by atoms with Gasteiger partial charge in [-0.25, -0.2) is 4.39 Å². The molecule has 5 heteroatoms. The van der Waals surface area contributed by atoms with Gasteiger partial charge in [0.1, 0.15) is 11.6 Å². The van der Waals surface area contributed by atoms with Crippen molar-refractivity contribution in [3.05, 3.63) is 29.6 Å². The summed E-state index contributed by atoms with van der Waals surface area (Å²) in [5, 5.41) is 0. The molecule has 0 fully saturated rings. The van der Waals surface area contributed by atoms with Crippen molar-refractivity contribution >= 4 is 5.91 Å².